The third-order valence-corrected chi connectivity index (χ3v) is 22.6. The zero-order valence-corrected chi connectivity index (χ0v) is 78.4. The Balaban J connectivity index is 0.000000137. The molecule has 6 aromatic heterocycles. The number of nitrogens with one attached hydrogen (secondary N) is 6. The monoisotopic (exact) mass is 1890 g/mol. The van der Waals surface area contributed by atoms with Gasteiger partial charge in [0.1, 0.15) is 11.5 Å². The van der Waals surface area contributed by atoms with E-state index >= 15 is 0 Å². The third kappa shape index (κ3) is 27.4. The van der Waals surface area contributed by atoms with Gasteiger partial charge in [0.05, 0.1) is 105 Å². The average molecular weight is 1900 g/mol. The van der Waals surface area contributed by atoms with Crippen molar-refractivity contribution in [2.24, 2.45) is 0 Å². The number of fused-ring (bicyclic) bond motifs is 6. The summed E-state index contributed by atoms with van der Waals surface area (Å²) >= 11 is 24.5. The molecule has 0 unspecified atom stereocenters. The number of aromatic nitrogens is 12. The first-order valence-corrected chi connectivity index (χ1v) is 46.4. The molecule has 0 aliphatic heterocycles. The molecule has 12 aromatic carbocycles. The summed E-state index contributed by atoms with van der Waals surface area (Å²) in [6, 6.07) is 91.9. The highest BCUT2D eigenvalue weighted by Gasteiger charge is 2.32. The predicted octanol–water partition coefficient (Wildman–Crippen LogP) is 27.8. The van der Waals surface area contributed by atoms with Gasteiger partial charge in [-0.25, -0.2) is 29.9 Å². The summed E-state index contributed by atoms with van der Waals surface area (Å²) in [5.41, 5.74) is 18.1. The number of hydrogen-bond acceptors (Lipinski definition) is 14. The Labute approximate surface area is 795 Å². The van der Waals surface area contributed by atoms with E-state index in [9.17, 15) is 26.3 Å². The summed E-state index contributed by atoms with van der Waals surface area (Å²) in [7, 11) is 0. The molecule has 0 aliphatic rings. The number of hydrogen-bond donors (Lipinski definition) is 6. The largest absolute Gasteiger partial charge is 0.573 e. The highest BCUT2D eigenvalue weighted by molar-refractivity contribution is 6.32. The van der Waals surface area contributed by atoms with E-state index in [1.54, 1.807) is 24.3 Å². The van der Waals surface area contributed by atoms with Crippen LogP contribution < -0.4 is 41.4 Å². The first-order chi connectivity index (χ1) is 65.1. The van der Waals surface area contributed by atoms with Crippen molar-refractivity contribution in [3.63, 3.8) is 0 Å². The molecular weight excluding hydrogens is 1790 g/mol. The molecule has 0 bridgehead atoms. The molecule has 0 fully saturated rings. The average Bonchev–Trinajstić information content (AvgIpc) is 1.67. The van der Waals surface area contributed by atoms with Crippen LogP contribution >= 0.6 is 46.4 Å². The van der Waals surface area contributed by atoms with Gasteiger partial charge < -0.3 is 68.8 Å². The summed E-state index contributed by atoms with van der Waals surface area (Å²) in [6.07, 6.45) is -2.72. The highest BCUT2D eigenvalue weighted by atomic mass is 35.5. The van der Waals surface area contributed by atoms with Crippen molar-refractivity contribution in [2.45, 2.75) is 132 Å². The Hall–Kier alpha value is -13.4. The maximum atomic E-state index is 12.4. The fourth-order valence-electron chi connectivity index (χ4n) is 15.0. The molecule has 6 heterocycles. The standard InChI is InChI=1S/C19H20F3N3O.2C18H20ClN3.C17H16F3N3O.2C16H16ClN3/c1-2-3-11-23-18-24-16-9-4-5-10-17(16)25(18)13-14-7-6-8-15(12-14)26-19(20,21)22;1-2-3-12-20-18-21-16-10-6-7-11-17(16)22(18)13-14-8-4-5-9-15(14)19;1-2-3-12-20-18-21-16-6-4-5-7-17(16)22(18)13-14-8-10-15(19)11-9-14;1-2-21-16-22-14-8-3-4-9-15(14)23(16)11-12-6-5-7-13(10-12)24-17(18,19)20;1-2-18-16-19-14-9-5-6-10-15(14)20(16)11-12-7-3-4-8-13(12)17;1-2-18-16-19-14-5-3-4-6-15(14)20(16)11-12-7-9-13(17)10-8-12/h4-10,12H,2-3,11,13H2,1H3,(H,23,24);2*4-11H,2-3,12-13H2,1H3,(H,20,21);3-10H,2,11H2,1H3,(H,21,22);2*3-10H,2,11H2,1H3,(H,18,19). The maximum absolute atomic E-state index is 12.4. The minimum atomic E-state index is -4.70. The van der Waals surface area contributed by atoms with Crippen LogP contribution in [0.4, 0.5) is 62.0 Å². The van der Waals surface area contributed by atoms with E-state index in [2.05, 4.69) is 169 Å². The minimum Gasteiger partial charge on any atom is -0.406 e. The molecule has 0 saturated carbocycles. The van der Waals surface area contributed by atoms with Crippen LogP contribution in [0.3, 0.4) is 0 Å². The Morgan fingerprint density at radius 2 is 0.500 bits per heavy atom. The lowest BCUT2D eigenvalue weighted by atomic mass is 10.2. The summed E-state index contributed by atoms with van der Waals surface area (Å²) < 4.78 is 95.2. The third-order valence-electron chi connectivity index (χ3n) is 21.4. The molecule has 30 heteroatoms. The topological polar surface area (TPSA) is 198 Å². The lowest BCUT2D eigenvalue weighted by molar-refractivity contribution is -0.275. The van der Waals surface area contributed by atoms with Gasteiger partial charge in [0.2, 0.25) is 35.7 Å². The Bertz CT molecular complexity index is 6770. The lowest BCUT2D eigenvalue weighted by Crippen LogP contribution is -2.17. The van der Waals surface area contributed by atoms with Gasteiger partial charge >= 0.3 is 12.7 Å². The van der Waals surface area contributed by atoms with Crippen LogP contribution in [-0.2, 0) is 39.3 Å². The molecule has 6 N–H and O–H groups in total. The van der Waals surface area contributed by atoms with Gasteiger partial charge in [-0.2, -0.15) is 0 Å². The summed E-state index contributed by atoms with van der Waals surface area (Å²) in [4.78, 5) is 27.8. The first kappa shape index (κ1) is 98.1. The van der Waals surface area contributed by atoms with E-state index in [1.807, 2.05) is 204 Å². The van der Waals surface area contributed by atoms with Crippen LogP contribution in [0.15, 0.2) is 291 Å². The Morgan fingerprint density at radius 3 is 0.754 bits per heavy atom. The number of rotatable bonds is 32. The Morgan fingerprint density at radius 1 is 0.261 bits per heavy atom. The van der Waals surface area contributed by atoms with E-state index in [0.29, 0.717) is 55.7 Å². The van der Waals surface area contributed by atoms with Crippen LogP contribution in [0, 0.1) is 0 Å². The second-order valence-corrected chi connectivity index (χ2v) is 33.0. The Kier molecular flexibility index (Phi) is 35.4. The lowest BCUT2D eigenvalue weighted by Gasteiger charge is -2.13. The van der Waals surface area contributed by atoms with E-state index in [4.69, 9.17) is 56.4 Å². The van der Waals surface area contributed by atoms with Crippen LogP contribution in [0.25, 0.3) is 66.2 Å². The minimum absolute atomic E-state index is 0.222. The number of alkyl halides is 6. The van der Waals surface area contributed by atoms with Gasteiger partial charge in [0.15, 0.2) is 0 Å². The molecule has 0 radical (unpaired) electrons. The molecule has 20 nitrogen and oxygen atoms in total. The maximum Gasteiger partial charge on any atom is 0.573 e. The van der Waals surface area contributed by atoms with E-state index in [-0.39, 0.29) is 11.5 Å². The van der Waals surface area contributed by atoms with Crippen LogP contribution in [0.1, 0.15) is 113 Å². The molecule has 0 amide bonds. The summed E-state index contributed by atoms with van der Waals surface area (Å²) in [5.74, 6) is 4.58. The normalized spacial score (nSPS) is 11.2. The number of benzene rings is 12. The van der Waals surface area contributed by atoms with Gasteiger partial charge in [0, 0.05) is 59.4 Å². The predicted molar refractivity (Wildman–Crippen MR) is 538 cm³/mol. The smallest absolute Gasteiger partial charge is 0.406 e. The van der Waals surface area contributed by atoms with Crippen molar-refractivity contribution in [2.75, 3.05) is 71.2 Å². The van der Waals surface area contributed by atoms with Crippen molar-refractivity contribution in [1.29, 1.82) is 0 Å². The molecule has 18 aromatic rings. The van der Waals surface area contributed by atoms with Crippen LogP contribution in [0.5, 0.6) is 11.5 Å². The second kappa shape index (κ2) is 48.3. The molecular formula is C104H108Cl4F6N18O2. The summed E-state index contributed by atoms with van der Waals surface area (Å²) in [6.45, 7) is 21.4. The summed E-state index contributed by atoms with van der Waals surface area (Å²) in [5, 5.41) is 23.1. The van der Waals surface area contributed by atoms with Crippen molar-refractivity contribution >= 4 is 148 Å². The fourth-order valence-corrected chi connectivity index (χ4v) is 15.7. The molecule has 134 heavy (non-hydrogen) atoms. The number of unbranched alkanes of at least 4 members (excludes halogenated alkanes) is 3. The molecule has 696 valence electrons. The number of anilines is 6. The highest BCUT2D eigenvalue weighted by Crippen LogP contribution is 2.33. The molecule has 0 spiro atoms. The van der Waals surface area contributed by atoms with Gasteiger partial charge in [-0.15, -0.1) is 26.3 Å². The first-order valence-electron chi connectivity index (χ1n) is 44.9. The number of para-hydroxylation sites is 12. The van der Waals surface area contributed by atoms with Gasteiger partial charge in [-0.1, -0.05) is 244 Å². The van der Waals surface area contributed by atoms with Crippen LogP contribution in [-0.4, -0.2) is 109 Å². The van der Waals surface area contributed by atoms with Crippen LogP contribution in [0.2, 0.25) is 20.1 Å². The molecule has 0 aliphatic carbocycles. The number of ether oxygens (including phenoxy) is 2. The fraction of sp³-hybridized carbons (Fsp3) is 0.250. The van der Waals surface area contributed by atoms with Crippen molar-refractivity contribution in [3.8, 4) is 11.5 Å². The number of nitrogens with zero attached hydrogens (tertiary/aromatic N) is 12. The van der Waals surface area contributed by atoms with E-state index in [0.717, 1.165) is 199 Å². The van der Waals surface area contributed by atoms with Gasteiger partial charge in [0.25, 0.3) is 0 Å². The number of imidazole rings is 6. The quantitative estimate of drug-likeness (QED) is 0.0172. The van der Waals surface area contributed by atoms with Gasteiger partial charge in [-0.3, -0.25) is 0 Å². The molecule has 0 atom stereocenters. The van der Waals surface area contributed by atoms with Crippen molar-refractivity contribution in [1.82, 2.24) is 57.3 Å². The van der Waals surface area contributed by atoms with E-state index < -0.39 is 12.7 Å². The van der Waals surface area contributed by atoms with Gasteiger partial charge in [-0.05, 0) is 207 Å². The molecule has 18 rings (SSSR count). The van der Waals surface area contributed by atoms with Crippen molar-refractivity contribution in [3.05, 3.63) is 345 Å². The zero-order valence-electron chi connectivity index (χ0n) is 75.4. The SMILES string of the molecule is CCCCNc1nc2ccccc2n1Cc1ccc(Cl)cc1.CCCCNc1nc2ccccc2n1Cc1cccc(OC(F)(F)F)c1.CCCCNc1nc2ccccc2n1Cc1ccccc1Cl.CCNc1nc2ccccc2n1Cc1ccc(Cl)cc1.CCNc1nc2ccccc2n1Cc1cccc(OC(F)(F)F)c1.CCNc1nc2ccccc2n1Cc1ccccc1Cl. The van der Waals surface area contributed by atoms with E-state index in [1.165, 1.54) is 41.8 Å². The second-order valence-electron chi connectivity index (χ2n) is 31.3. The molecule has 0 saturated heterocycles. The zero-order chi connectivity index (χ0) is 94.4. The number of halogens is 10. The van der Waals surface area contributed by atoms with Crippen molar-refractivity contribution < 1.29 is 35.8 Å².